The predicted molar refractivity (Wildman–Crippen MR) is 172 cm³/mol. The molecular formula is C36H32N2O7S. The summed E-state index contributed by atoms with van der Waals surface area (Å²) in [5.41, 5.74) is 2.87. The van der Waals surface area contributed by atoms with Gasteiger partial charge in [0.25, 0.3) is 11.8 Å². The number of β-lactam (4-membered cyclic amide) rings is 1. The molecule has 2 aliphatic heterocycles. The SMILES string of the molecule is COc1ccc(COC(=O)C2=C(O)CS[C@@H]3C(NC(=O)C(OC(c4ccccc4)c4ccccc4)c4ccccc4)C(=O)N23)cc1. The van der Waals surface area contributed by atoms with E-state index >= 15 is 0 Å². The highest BCUT2D eigenvalue weighted by atomic mass is 32.2. The second kappa shape index (κ2) is 13.9. The van der Waals surface area contributed by atoms with Crippen molar-refractivity contribution in [2.24, 2.45) is 0 Å². The number of nitrogens with zero attached hydrogens (tertiary/aromatic N) is 1. The van der Waals surface area contributed by atoms with Crippen molar-refractivity contribution in [3.05, 3.63) is 149 Å². The number of hydrogen-bond acceptors (Lipinski definition) is 8. The molecule has 0 radical (unpaired) electrons. The lowest BCUT2D eigenvalue weighted by Gasteiger charge is -2.49. The molecule has 2 N–H and O–H groups in total. The number of carbonyl (C=O) groups is 3. The second-order valence-corrected chi connectivity index (χ2v) is 11.8. The molecule has 2 unspecified atom stereocenters. The number of aliphatic hydroxyl groups is 1. The van der Waals surface area contributed by atoms with E-state index < -0.39 is 41.4 Å². The Kier molecular flexibility index (Phi) is 9.37. The molecule has 4 aromatic carbocycles. The van der Waals surface area contributed by atoms with Gasteiger partial charge < -0.3 is 24.6 Å². The molecule has 1 saturated heterocycles. The largest absolute Gasteiger partial charge is 0.509 e. The molecule has 0 aromatic heterocycles. The van der Waals surface area contributed by atoms with E-state index in [4.69, 9.17) is 14.2 Å². The van der Waals surface area contributed by atoms with Gasteiger partial charge in [-0.3, -0.25) is 14.5 Å². The first kappa shape index (κ1) is 30.9. The van der Waals surface area contributed by atoms with Gasteiger partial charge in [-0.15, -0.1) is 11.8 Å². The second-order valence-electron chi connectivity index (χ2n) is 10.7. The molecular weight excluding hydrogens is 604 g/mol. The predicted octanol–water partition coefficient (Wildman–Crippen LogP) is 5.46. The summed E-state index contributed by atoms with van der Waals surface area (Å²) in [5.74, 6) is -1.35. The minimum absolute atomic E-state index is 0.0559. The number of fused-ring (bicyclic) bond motifs is 1. The van der Waals surface area contributed by atoms with Gasteiger partial charge >= 0.3 is 5.97 Å². The highest BCUT2D eigenvalue weighted by Gasteiger charge is 2.55. The van der Waals surface area contributed by atoms with Crippen LogP contribution in [0.5, 0.6) is 5.75 Å². The van der Waals surface area contributed by atoms with E-state index in [0.29, 0.717) is 16.9 Å². The first-order valence-corrected chi connectivity index (χ1v) is 15.8. The molecule has 9 nitrogen and oxygen atoms in total. The topological polar surface area (TPSA) is 114 Å². The van der Waals surface area contributed by atoms with Crippen molar-refractivity contribution >= 4 is 29.5 Å². The number of esters is 1. The zero-order valence-electron chi connectivity index (χ0n) is 24.9. The first-order valence-electron chi connectivity index (χ1n) is 14.7. The van der Waals surface area contributed by atoms with Crippen molar-refractivity contribution < 1.29 is 33.7 Å². The minimum Gasteiger partial charge on any atom is -0.509 e. The molecule has 0 bridgehead atoms. The summed E-state index contributed by atoms with van der Waals surface area (Å²) in [6.07, 6.45) is -1.62. The number of benzene rings is 4. The van der Waals surface area contributed by atoms with E-state index in [1.165, 1.54) is 16.7 Å². The summed E-state index contributed by atoms with van der Waals surface area (Å²) in [6.45, 7) is -0.0559. The molecule has 234 valence electrons. The van der Waals surface area contributed by atoms with Crippen molar-refractivity contribution in [2.75, 3.05) is 12.9 Å². The van der Waals surface area contributed by atoms with Crippen molar-refractivity contribution in [2.45, 2.75) is 30.2 Å². The third-order valence-corrected chi connectivity index (χ3v) is 9.05. The lowest BCUT2D eigenvalue weighted by molar-refractivity contribution is -0.155. The molecule has 1 fully saturated rings. The monoisotopic (exact) mass is 636 g/mol. The van der Waals surface area contributed by atoms with Gasteiger partial charge in [-0.1, -0.05) is 103 Å². The molecule has 2 aliphatic rings. The summed E-state index contributed by atoms with van der Waals surface area (Å²) in [7, 11) is 1.56. The van der Waals surface area contributed by atoms with Crippen LogP contribution in [-0.2, 0) is 30.5 Å². The maximum absolute atomic E-state index is 14.0. The van der Waals surface area contributed by atoms with Crippen LogP contribution in [0.15, 0.2) is 127 Å². The summed E-state index contributed by atoms with van der Waals surface area (Å²) < 4.78 is 17.2. The van der Waals surface area contributed by atoms with Gasteiger partial charge in [0.2, 0.25) is 0 Å². The van der Waals surface area contributed by atoms with Crippen LogP contribution in [0.2, 0.25) is 0 Å². The van der Waals surface area contributed by atoms with E-state index in [0.717, 1.165) is 11.1 Å². The quantitative estimate of drug-likeness (QED) is 0.165. The highest BCUT2D eigenvalue weighted by Crippen LogP contribution is 2.41. The summed E-state index contributed by atoms with van der Waals surface area (Å²) in [5, 5.41) is 12.9. The maximum Gasteiger partial charge on any atom is 0.358 e. The number of nitrogens with one attached hydrogen (secondary N) is 1. The minimum atomic E-state index is -1.06. The third kappa shape index (κ3) is 6.49. The fraction of sp³-hybridized carbons (Fsp3) is 0.194. The molecule has 2 heterocycles. The lowest BCUT2D eigenvalue weighted by Crippen LogP contribution is -2.71. The van der Waals surface area contributed by atoms with Gasteiger partial charge in [0.15, 0.2) is 11.8 Å². The van der Waals surface area contributed by atoms with Gasteiger partial charge in [-0.25, -0.2) is 4.79 Å². The summed E-state index contributed by atoms with van der Waals surface area (Å²) in [6, 6.07) is 34.4. The van der Waals surface area contributed by atoms with Crippen LogP contribution in [0.1, 0.15) is 34.5 Å². The first-order chi connectivity index (χ1) is 22.4. The number of ether oxygens (including phenoxy) is 3. The molecule has 2 amide bonds. The van der Waals surface area contributed by atoms with E-state index in [1.807, 2.05) is 78.9 Å². The van der Waals surface area contributed by atoms with Gasteiger partial charge in [-0.2, -0.15) is 0 Å². The van der Waals surface area contributed by atoms with Gasteiger partial charge in [-0.05, 0) is 34.4 Å². The number of thioether (sulfide) groups is 1. The van der Waals surface area contributed by atoms with Crippen LogP contribution in [0.25, 0.3) is 0 Å². The van der Waals surface area contributed by atoms with E-state index in [-0.39, 0.29) is 23.8 Å². The Morgan fingerprint density at radius 2 is 1.43 bits per heavy atom. The molecule has 3 atom stereocenters. The number of aliphatic hydroxyl groups excluding tert-OH is 1. The third-order valence-electron chi connectivity index (χ3n) is 7.79. The number of hydrogen-bond donors (Lipinski definition) is 2. The zero-order chi connectivity index (χ0) is 32.0. The summed E-state index contributed by atoms with van der Waals surface area (Å²) in [4.78, 5) is 41.7. The van der Waals surface area contributed by atoms with E-state index in [2.05, 4.69) is 5.32 Å². The normalized spacial score (nSPS) is 18.0. The molecule has 4 aromatic rings. The standard InChI is InChI=1S/C36H32N2O7S/c1-43-27-19-17-23(18-20-27)21-44-36(42)30-28(39)22-46-35-29(34(41)38(30)35)37-33(40)32(26-15-9-4-10-16-26)45-31(24-11-5-2-6-12-24)25-13-7-3-8-14-25/h2-20,29,31-32,35,39H,21-22H2,1H3,(H,37,40)/t29?,32?,35-/m1/s1. The lowest BCUT2D eigenvalue weighted by atomic mass is 9.99. The van der Waals surface area contributed by atoms with Crippen LogP contribution in [0.3, 0.4) is 0 Å². The molecule has 0 aliphatic carbocycles. The van der Waals surface area contributed by atoms with Crippen molar-refractivity contribution in [1.29, 1.82) is 0 Å². The molecule has 0 saturated carbocycles. The molecule has 6 rings (SSSR count). The van der Waals surface area contributed by atoms with Crippen LogP contribution in [0.4, 0.5) is 0 Å². The molecule has 46 heavy (non-hydrogen) atoms. The van der Waals surface area contributed by atoms with Gasteiger partial charge in [0.1, 0.15) is 35.6 Å². The average molecular weight is 637 g/mol. The van der Waals surface area contributed by atoms with Crippen molar-refractivity contribution in [3.63, 3.8) is 0 Å². The number of carbonyl (C=O) groups excluding carboxylic acids is 3. The zero-order valence-corrected chi connectivity index (χ0v) is 25.8. The van der Waals surface area contributed by atoms with Gasteiger partial charge in [0, 0.05) is 0 Å². The van der Waals surface area contributed by atoms with E-state index in [1.54, 1.807) is 43.5 Å². The number of methoxy groups -OCH3 is 1. The van der Waals surface area contributed by atoms with Crippen LogP contribution in [0, 0.1) is 0 Å². The average Bonchev–Trinajstić information content (AvgIpc) is 3.11. The Hall–Kier alpha value is -5.06. The van der Waals surface area contributed by atoms with E-state index in [9.17, 15) is 19.5 Å². The van der Waals surface area contributed by atoms with Crippen LogP contribution < -0.4 is 10.1 Å². The Balaban J connectivity index is 1.19. The summed E-state index contributed by atoms with van der Waals surface area (Å²) >= 11 is 1.25. The smallest absolute Gasteiger partial charge is 0.358 e. The highest BCUT2D eigenvalue weighted by molar-refractivity contribution is 8.00. The number of rotatable bonds is 11. The van der Waals surface area contributed by atoms with Gasteiger partial charge in [0.05, 0.1) is 12.9 Å². The Morgan fingerprint density at radius 3 is 2.00 bits per heavy atom. The number of amides is 2. The molecule has 10 heteroatoms. The van der Waals surface area contributed by atoms with Crippen molar-refractivity contribution in [1.82, 2.24) is 10.2 Å². The van der Waals surface area contributed by atoms with Crippen molar-refractivity contribution in [3.8, 4) is 5.75 Å². The fourth-order valence-corrected chi connectivity index (χ4v) is 6.62. The Morgan fingerprint density at radius 1 is 0.870 bits per heavy atom. The Labute approximate surface area is 270 Å². The fourth-order valence-electron chi connectivity index (χ4n) is 5.42. The Bertz CT molecular complexity index is 1680. The van der Waals surface area contributed by atoms with Crippen LogP contribution >= 0.6 is 11.8 Å². The van der Waals surface area contributed by atoms with Crippen LogP contribution in [-0.4, -0.2) is 52.1 Å². The maximum atomic E-state index is 14.0. The molecule has 0 spiro atoms.